The summed E-state index contributed by atoms with van der Waals surface area (Å²) in [5.41, 5.74) is 2.96. The van der Waals surface area contributed by atoms with Crippen LogP contribution in [-0.4, -0.2) is 36.4 Å². The van der Waals surface area contributed by atoms with Crippen molar-refractivity contribution in [1.82, 2.24) is 4.90 Å². The summed E-state index contributed by atoms with van der Waals surface area (Å²) in [6.07, 6.45) is 0.315. The van der Waals surface area contributed by atoms with Gasteiger partial charge in [0.2, 0.25) is 5.24 Å². The molecule has 1 fully saturated rings. The van der Waals surface area contributed by atoms with E-state index in [-0.39, 0.29) is 11.3 Å². The van der Waals surface area contributed by atoms with Crippen molar-refractivity contribution in [3.63, 3.8) is 0 Å². The van der Waals surface area contributed by atoms with Crippen LogP contribution in [0.15, 0.2) is 36.4 Å². The number of nitrogens with zero attached hydrogens (tertiary/aromatic N) is 1. The number of benzene rings is 2. The summed E-state index contributed by atoms with van der Waals surface area (Å²) < 4.78 is 11.8. The van der Waals surface area contributed by atoms with Gasteiger partial charge in [-0.1, -0.05) is 49.2 Å². The predicted octanol–water partition coefficient (Wildman–Crippen LogP) is 6.22. The van der Waals surface area contributed by atoms with Gasteiger partial charge in [0.15, 0.2) is 0 Å². The molecule has 0 radical (unpaired) electrons. The Kier molecular flexibility index (Phi) is 8.44. The third-order valence-electron chi connectivity index (χ3n) is 5.24. The molecule has 2 aromatic carbocycles. The van der Waals surface area contributed by atoms with Gasteiger partial charge in [-0.25, -0.2) is 0 Å². The fourth-order valence-electron chi connectivity index (χ4n) is 3.38. The molecule has 0 N–H and O–H groups in total. The van der Waals surface area contributed by atoms with Crippen LogP contribution in [0.4, 0.5) is 0 Å². The Morgan fingerprint density at radius 3 is 2.47 bits per heavy atom. The maximum absolute atomic E-state index is 11.0. The summed E-state index contributed by atoms with van der Waals surface area (Å²) in [5, 5.41) is 0.932. The van der Waals surface area contributed by atoms with E-state index in [1.165, 1.54) is 0 Å². The van der Waals surface area contributed by atoms with Gasteiger partial charge in [0.1, 0.15) is 12.4 Å². The molecule has 4 nitrogen and oxygen atoms in total. The molecule has 0 saturated carbocycles. The highest BCUT2D eigenvalue weighted by atomic mass is 35.5. The molecule has 162 valence electrons. The highest BCUT2D eigenvalue weighted by Crippen LogP contribution is 2.31. The Labute approximate surface area is 193 Å². The molecule has 2 aromatic rings. The second-order valence-electron chi connectivity index (χ2n) is 7.74. The molecule has 7 heteroatoms. The van der Waals surface area contributed by atoms with Crippen LogP contribution in [0.5, 0.6) is 5.75 Å². The molecule has 1 aliphatic rings. The van der Waals surface area contributed by atoms with Gasteiger partial charge in [-0.2, -0.15) is 0 Å². The molecule has 30 heavy (non-hydrogen) atoms. The highest BCUT2D eigenvalue weighted by molar-refractivity contribution is 6.63. The van der Waals surface area contributed by atoms with E-state index in [1.54, 1.807) is 0 Å². The van der Waals surface area contributed by atoms with Crippen molar-refractivity contribution in [2.24, 2.45) is 0 Å². The fraction of sp³-hybridized carbons (Fsp3) is 0.435. The zero-order chi connectivity index (χ0) is 21.7. The minimum Gasteiger partial charge on any atom is -0.489 e. The highest BCUT2D eigenvalue weighted by Gasteiger charge is 2.22. The lowest BCUT2D eigenvalue weighted by atomic mass is 10.0. The number of carbonyl (C=O) groups excluding carboxylic acids is 1. The number of morpholine rings is 1. The maximum atomic E-state index is 11.0. The zero-order valence-electron chi connectivity index (χ0n) is 17.2. The van der Waals surface area contributed by atoms with E-state index in [1.807, 2.05) is 36.4 Å². The average Bonchev–Trinajstić information content (AvgIpc) is 2.72. The Morgan fingerprint density at radius 1 is 1.20 bits per heavy atom. The summed E-state index contributed by atoms with van der Waals surface area (Å²) in [7, 11) is 0. The van der Waals surface area contributed by atoms with Crippen molar-refractivity contribution in [1.29, 1.82) is 0 Å². The van der Waals surface area contributed by atoms with Gasteiger partial charge in [0.05, 0.1) is 12.7 Å². The minimum absolute atomic E-state index is 0.0364. The molecule has 0 spiro atoms. The maximum Gasteiger partial charge on any atom is 0.222 e. The predicted molar refractivity (Wildman–Crippen MR) is 122 cm³/mol. The van der Waals surface area contributed by atoms with Crippen molar-refractivity contribution in [2.75, 3.05) is 26.2 Å². The molecule has 0 aliphatic carbocycles. The molecule has 1 heterocycles. The van der Waals surface area contributed by atoms with E-state index in [2.05, 4.69) is 18.7 Å². The zero-order valence-corrected chi connectivity index (χ0v) is 19.4. The average molecular weight is 471 g/mol. The molecule has 0 bridgehead atoms. The monoisotopic (exact) mass is 469 g/mol. The van der Waals surface area contributed by atoms with Crippen LogP contribution in [0.3, 0.4) is 0 Å². The second-order valence-corrected chi connectivity index (χ2v) is 8.98. The van der Waals surface area contributed by atoms with E-state index < -0.39 is 0 Å². The van der Waals surface area contributed by atoms with Crippen molar-refractivity contribution < 1.29 is 14.3 Å². The van der Waals surface area contributed by atoms with E-state index in [0.29, 0.717) is 42.1 Å². The smallest absolute Gasteiger partial charge is 0.222 e. The van der Waals surface area contributed by atoms with Crippen LogP contribution in [-0.2, 0) is 16.1 Å². The number of halogens is 3. The third kappa shape index (κ3) is 6.35. The summed E-state index contributed by atoms with van der Waals surface area (Å²) in [6.45, 7) is 7.33. The largest absolute Gasteiger partial charge is 0.489 e. The van der Waals surface area contributed by atoms with Gasteiger partial charge >= 0.3 is 0 Å². The van der Waals surface area contributed by atoms with Crippen LogP contribution in [0, 0.1) is 0 Å². The minimum atomic E-state index is -0.307. The topological polar surface area (TPSA) is 38.8 Å². The first-order valence-corrected chi connectivity index (χ1v) is 11.2. The first kappa shape index (κ1) is 23.4. The second kappa shape index (κ2) is 10.8. The van der Waals surface area contributed by atoms with Gasteiger partial charge in [-0.3, -0.25) is 9.69 Å². The Bertz CT molecular complexity index is 847. The molecule has 1 unspecified atom stereocenters. The molecule has 1 saturated heterocycles. The van der Waals surface area contributed by atoms with Crippen molar-refractivity contribution >= 4 is 40.0 Å². The number of carbonyl (C=O) groups is 1. The SMILES string of the molecule is CC(C)c1cc(Cl)c(COc2ccc(C3CN(CCC(=O)Cl)CCO3)cc2)c(Cl)c1. The third-order valence-corrected chi connectivity index (χ3v) is 6.10. The molecule has 0 amide bonds. The first-order valence-electron chi connectivity index (χ1n) is 10.1. The number of ether oxygens (including phenoxy) is 2. The standard InChI is InChI=1S/C23H26Cl3NO3/c1-15(2)17-11-20(24)19(21(25)12-17)14-30-18-5-3-16(4-6-18)22-13-27(9-10-29-22)8-7-23(26)28/h3-6,11-12,15,22H,7-10,13-14H2,1-2H3. The van der Waals surface area contributed by atoms with Crippen LogP contribution < -0.4 is 4.74 Å². The van der Waals surface area contributed by atoms with Crippen LogP contribution >= 0.6 is 34.8 Å². The molecule has 0 aromatic heterocycles. The van der Waals surface area contributed by atoms with Crippen LogP contribution in [0.25, 0.3) is 0 Å². The first-order chi connectivity index (χ1) is 14.3. The van der Waals surface area contributed by atoms with Gasteiger partial charge in [0.25, 0.3) is 0 Å². The van der Waals surface area contributed by atoms with Gasteiger partial charge in [-0.15, -0.1) is 0 Å². The molecule has 3 rings (SSSR count). The normalized spacial score (nSPS) is 17.3. The van der Waals surface area contributed by atoms with Crippen molar-refractivity contribution in [3.8, 4) is 5.75 Å². The van der Waals surface area contributed by atoms with E-state index >= 15 is 0 Å². The molecular weight excluding hydrogens is 445 g/mol. The number of hydrogen-bond donors (Lipinski definition) is 0. The van der Waals surface area contributed by atoms with E-state index in [0.717, 1.165) is 35.5 Å². The van der Waals surface area contributed by atoms with Crippen molar-refractivity contribution in [3.05, 3.63) is 63.1 Å². The summed E-state index contributed by atoms with van der Waals surface area (Å²) >= 11 is 18.3. The molecule has 1 aliphatic heterocycles. The number of rotatable bonds is 8. The van der Waals surface area contributed by atoms with Crippen LogP contribution in [0.2, 0.25) is 10.0 Å². The summed E-state index contributed by atoms with van der Waals surface area (Å²) in [6, 6.07) is 11.7. The van der Waals surface area contributed by atoms with Crippen LogP contribution in [0.1, 0.15) is 49.0 Å². The van der Waals surface area contributed by atoms with Gasteiger partial charge in [-0.05, 0) is 52.9 Å². The summed E-state index contributed by atoms with van der Waals surface area (Å²) in [4.78, 5) is 13.2. The van der Waals surface area contributed by atoms with Crippen molar-refractivity contribution in [2.45, 2.75) is 38.9 Å². The molecule has 1 atom stereocenters. The Morgan fingerprint density at radius 2 is 1.87 bits per heavy atom. The van der Waals surface area contributed by atoms with E-state index in [9.17, 15) is 4.79 Å². The lowest BCUT2D eigenvalue weighted by Crippen LogP contribution is -2.39. The number of hydrogen-bond acceptors (Lipinski definition) is 4. The van der Waals surface area contributed by atoms with Gasteiger partial charge in [0, 0.05) is 41.7 Å². The quantitative estimate of drug-likeness (QED) is 0.429. The summed E-state index contributed by atoms with van der Waals surface area (Å²) in [5.74, 6) is 1.09. The lowest BCUT2D eigenvalue weighted by Gasteiger charge is -2.32. The molecular formula is C23H26Cl3NO3. The Balaban J connectivity index is 1.59. The van der Waals surface area contributed by atoms with E-state index in [4.69, 9.17) is 44.3 Å². The fourth-order valence-corrected chi connectivity index (χ4v) is 4.08. The lowest BCUT2D eigenvalue weighted by molar-refractivity contribution is -0.112. The van der Waals surface area contributed by atoms with Gasteiger partial charge < -0.3 is 9.47 Å². The Hall–Kier alpha value is -1.30.